The molecule has 0 atom stereocenters. The van der Waals surface area contributed by atoms with Gasteiger partial charge in [0, 0.05) is 25.7 Å². The Balaban J connectivity index is 1.97. The molecule has 0 saturated carbocycles. The highest BCUT2D eigenvalue weighted by molar-refractivity contribution is 4.90. The van der Waals surface area contributed by atoms with Gasteiger partial charge in [0.05, 0.1) is 12.6 Å². The number of nitrogens with one attached hydrogen (secondary N) is 1. The van der Waals surface area contributed by atoms with Crippen LogP contribution in [0.4, 0.5) is 0 Å². The van der Waals surface area contributed by atoms with Gasteiger partial charge in [-0.05, 0) is 39.7 Å². The lowest BCUT2D eigenvalue weighted by atomic mass is 10.1. The van der Waals surface area contributed by atoms with Gasteiger partial charge in [-0.3, -0.25) is 4.90 Å². The van der Waals surface area contributed by atoms with E-state index in [-0.39, 0.29) is 0 Å². The smallest absolute Gasteiger partial charge is 0.0598 e. The molecule has 1 heterocycles. The molecule has 0 aromatic rings. The van der Waals surface area contributed by atoms with Gasteiger partial charge >= 0.3 is 0 Å². The molecule has 3 heteroatoms. The molecule has 0 radical (unpaired) electrons. The molecule has 1 aliphatic heterocycles. The number of ether oxygens (including phenoxy) is 1. The van der Waals surface area contributed by atoms with E-state index in [0.29, 0.717) is 12.1 Å². The zero-order chi connectivity index (χ0) is 12.5. The fraction of sp³-hybridized carbons (Fsp3) is 0.857. The fourth-order valence-electron chi connectivity index (χ4n) is 2.12. The molecular weight excluding hydrogens is 212 g/mol. The molecule has 1 saturated heterocycles. The molecule has 1 aliphatic rings. The van der Waals surface area contributed by atoms with Crippen molar-refractivity contribution >= 4 is 0 Å². The lowest BCUT2D eigenvalue weighted by molar-refractivity contribution is 0.0762. The van der Waals surface area contributed by atoms with Gasteiger partial charge in [0.15, 0.2) is 0 Å². The van der Waals surface area contributed by atoms with Crippen molar-refractivity contribution in [3.63, 3.8) is 0 Å². The second kappa shape index (κ2) is 8.52. The van der Waals surface area contributed by atoms with Crippen molar-refractivity contribution in [2.75, 3.05) is 32.8 Å². The first kappa shape index (κ1) is 14.5. The summed E-state index contributed by atoms with van der Waals surface area (Å²) in [5.74, 6) is 2.71. The summed E-state index contributed by atoms with van der Waals surface area (Å²) in [6.07, 6.45) is 9.19. The number of terminal acetylenes is 1. The molecule has 0 spiro atoms. The SMILES string of the molecule is C#CCN1CCC(NCCCOC(C)C)CC1. The molecule has 0 aliphatic carbocycles. The molecule has 17 heavy (non-hydrogen) atoms. The Morgan fingerprint density at radius 1 is 1.41 bits per heavy atom. The van der Waals surface area contributed by atoms with Crippen LogP contribution in [0.15, 0.2) is 0 Å². The van der Waals surface area contributed by atoms with Gasteiger partial charge in [0.25, 0.3) is 0 Å². The van der Waals surface area contributed by atoms with E-state index < -0.39 is 0 Å². The quantitative estimate of drug-likeness (QED) is 0.537. The Hall–Kier alpha value is -0.560. The third-order valence-electron chi connectivity index (χ3n) is 3.11. The Labute approximate surface area is 106 Å². The van der Waals surface area contributed by atoms with Crippen LogP contribution in [0.1, 0.15) is 33.1 Å². The minimum absolute atomic E-state index is 0.349. The van der Waals surface area contributed by atoms with Crippen LogP contribution in [-0.2, 0) is 4.74 Å². The molecule has 98 valence electrons. The Kier molecular flexibility index (Phi) is 7.27. The fourth-order valence-corrected chi connectivity index (χ4v) is 2.12. The molecule has 0 aromatic carbocycles. The predicted molar refractivity (Wildman–Crippen MR) is 72.0 cm³/mol. The number of rotatable bonds is 7. The van der Waals surface area contributed by atoms with Gasteiger partial charge in [-0.1, -0.05) is 5.92 Å². The molecule has 0 amide bonds. The summed E-state index contributed by atoms with van der Waals surface area (Å²) in [5.41, 5.74) is 0. The highest BCUT2D eigenvalue weighted by atomic mass is 16.5. The molecule has 1 N–H and O–H groups in total. The highest BCUT2D eigenvalue weighted by Gasteiger charge is 2.17. The zero-order valence-corrected chi connectivity index (χ0v) is 11.2. The van der Waals surface area contributed by atoms with Crippen molar-refractivity contribution in [2.45, 2.75) is 45.3 Å². The summed E-state index contributed by atoms with van der Waals surface area (Å²) < 4.78 is 5.51. The Morgan fingerprint density at radius 2 is 2.12 bits per heavy atom. The second-order valence-corrected chi connectivity index (χ2v) is 4.98. The van der Waals surface area contributed by atoms with E-state index in [4.69, 9.17) is 11.2 Å². The summed E-state index contributed by atoms with van der Waals surface area (Å²) >= 11 is 0. The molecule has 0 bridgehead atoms. The molecule has 1 fully saturated rings. The van der Waals surface area contributed by atoms with Crippen LogP contribution in [0.25, 0.3) is 0 Å². The summed E-state index contributed by atoms with van der Waals surface area (Å²) in [5, 5.41) is 3.60. The van der Waals surface area contributed by atoms with E-state index in [1.807, 2.05) is 0 Å². The maximum atomic E-state index is 5.51. The van der Waals surface area contributed by atoms with Crippen molar-refractivity contribution in [2.24, 2.45) is 0 Å². The third kappa shape index (κ3) is 6.68. The first-order valence-corrected chi connectivity index (χ1v) is 6.73. The van der Waals surface area contributed by atoms with Gasteiger partial charge in [-0.2, -0.15) is 0 Å². The Bertz CT molecular complexity index is 227. The zero-order valence-electron chi connectivity index (χ0n) is 11.2. The standard InChI is InChI=1S/C14H26N2O/c1-4-9-16-10-6-14(7-11-16)15-8-5-12-17-13(2)3/h1,13-15H,5-12H2,2-3H3. The van der Waals surface area contributed by atoms with Gasteiger partial charge < -0.3 is 10.1 Å². The predicted octanol–water partition coefficient (Wildman–Crippen LogP) is 1.49. The van der Waals surface area contributed by atoms with Crippen LogP contribution in [0, 0.1) is 12.3 Å². The number of hydrogen-bond acceptors (Lipinski definition) is 3. The number of nitrogens with zero attached hydrogens (tertiary/aromatic N) is 1. The van der Waals surface area contributed by atoms with Crippen LogP contribution in [-0.4, -0.2) is 49.8 Å². The van der Waals surface area contributed by atoms with E-state index >= 15 is 0 Å². The minimum Gasteiger partial charge on any atom is -0.379 e. The first-order valence-electron chi connectivity index (χ1n) is 6.73. The van der Waals surface area contributed by atoms with E-state index in [9.17, 15) is 0 Å². The number of likely N-dealkylation sites (tertiary alicyclic amines) is 1. The van der Waals surface area contributed by atoms with Crippen molar-refractivity contribution in [1.29, 1.82) is 0 Å². The summed E-state index contributed by atoms with van der Waals surface area (Å²) in [4.78, 5) is 2.35. The van der Waals surface area contributed by atoms with E-state index in [2.05, 4.69) is 30.0 Å². The molecular formula is C14H26N2O. The molecule has 3 nitrogen and oxygen atoms in total. The maximum absolute atomic E-state index is 5.51. The lowest BCUT2D eigenvalue weighted by Gasteiger charge is -2.31. The van der Waals surface area contributed by atoms with Crippen molar-refractivity contribution < 1.29 is 4.74 Å². The average Bonchev–Trinajstić information content (AvgIpc) is 2.31. The lowest BCUT2D eigenvalue weighted by Crippen LogP contribution is -2.42. The van der Waals surface area contributed by atoms with Crippen LogP contribution in [0.3, 0.4) is 0 Å². The topological polar surface area (TPSA) is 24.5 Å². The van der Waals surface area contributed by atoms with Crippen molar-refractivity contribution in [1.82, 2.24) is 10.2 Å². The molecule has 1 rings (SSSR count). The van der Waals surface area contributed by atoms with Crippen molar-refractivity contribution in [3.8, 4) is 12.3 Å². The van der Waals surface area contributed by atoms with Crippen LogP contribution < -0.4 is 5.32 Å². The summed E-state index contributed by atoms with van der Waals surface area (Å²) in [6.45, 7) is 9.14. The van der Waals surface area contributed by atoms with Gasteiger partial charge in [0.1, 0.15) is 0 Å². The normalized spacial score (nSPS) is 18.5. The van der Waals surface area contributed by atoms with Gasteiger partial charge in [0.2, 0.25) is 0 Å². The largest absolute Gasteiger partial charge is 0.379 e. The van der Waals surface area contributed by atoms with Crippen LogP contribution >= 0.6 is 0 Å². The van der Waals surface area contributed by atoms with Crippen LogP contribution in [0.5, 0.6) is 0 Å². The van der Waals surface area contributed by atoms with Crippen molar-refractivity contribution in [3.05, 3.63) is 0 Å². The van der Waals surface area contributed by atoms with Gasteiger partial charge in [-0.25, -0.2) is 0 Å². The first-order chi connectivity index (χ1) is 8.22. The monoisotopic (exact) mass is 238 g/mol. The number of piperidine rings is 1. The highest BCUT2D eigenvalue weighted by Crippen LogP contribution is 2.09. The number of hydrogen-bond donors (Lipinski definition) is 1. The van der Waals surface area contributed by atoms with Gasteiger partial charge in [-0.15, -0.1) is 6.42 Å². The van der Waals surface area contributed by atoms with E-state index in [1.165, 1.54) is 12.8 Å². The second-order valence-electron chi connectivity index (χ2n) is 4.98. The molecule has 0 unspecified atom stereocenters. The summed E-state index contributed by atoms with van der Waals surface area (Å²) in [7, 11) is 0. The third-order valence-corrected chi connectivity index (χ3v) is 3.11. The van der Waals surface area contributed by atoms with E-state index in [0.717, 1.165) is 39.2 Å². The Morgan fingerprint density at radius 3 is 2.71 bits per heavy atom. The summed E-state index contributed by atoms with van der Waals surface area (Å²) in [6, 6.07) is 0.670. The minimum atomic E-state index is 0.349. The molecule has 0 aromatic heterocycles. The maximum Gasteiger partial charge on any atom is 0.0598 e. The van der Waals surface area contributed by atoms with Crippen LogP contribution in [0.2, 0.25) is 0 Å². The van der Waals surface area contributed by atoms with E-state index in [1.54, 1.807) is 0 Å². The average molecular weight is 238 g/mol.